The van der Waals surface area contributed by atoms with Crippen LogP contribution in [0.2, 0.25) is 0 Å². The van der Waals surface area contributed by atoms with Crippen molar-refractivity contribution >= 4 is 5.78 Å². The number of carbonyl (C=O) groups excluding carboxylic acids is 1. The van der Waals surface area contributed by atoms with Gasteiger partial charge in [-0.15, -0.1) is 0 Å². The lowest BCUT2D eigenvalue weighted by Gasteiger charge is -2.48. The average molecular weight is 262 g/mol. The minimum atomic E-state index is 0.129. The summed E-state index contributed by atoms with van der Waals surface area (Å²) in [5, 5.41) is 0. The number of benzene rings is 2. The van der Waals surface area contributed by atoms with Crippen molar-refractivity contribution in [2.24, 2.45) is 11.8 Å². The summed E-state index contributed by atoms with van der Waals surface area (Å²) in [6.45, 7) is 4.00. The van der Waals surface area contributed by atoms with Crippen molar-refractivity contribution in [3.63, 3.8) is 0 Å². The van der Waals surface area contributed by atoms with Crippen molar-refractivity contribution in [3.05, 3.63) is 70.8 Å². The van der Waals surface area contributed by atoms with Crippen molar-refractivity contribution in [1.29, 1.82) is 0 Å². The Morgan fingerprint density at radius 2 is 1.20 bits per heavy atom. The maximum absolute atomic E-state index is 12.2. The summed E-state index contributed by atoms with van der Waals surface area (Å²) in [6, 6.07) is 17.4. The van der Waals surface area contributed by atoms with Gasteiger partial charge in [-0.25, -0.2) is 0 Å². The first-order valence-corrected chi connectivity index (χ1v) is 7.38. The summed E-state index contributed by atoms with van der Waals surface area (Å²) < 4.78 is 0. The lowest BCUT2D eigenvalue weighted by Crippen LogP contribution is -2.41. The third kappa shape index (κ3) is 1.35. The number of rotatable bonds is 1. The molecule has 2 aromatic carbocycles. The number of ketones is 1. The van der Waals surface area contributed by atoms with Crippen LogP contribution in [0.15, 0.2) is 48.5 Å². The van der Waals surface area contributed by atoms with E-state index in [1.54, 1.807) is 6.92 Å². The number of hydrogen-bond donors (Lipinski definition) is 0. The molecule has 0 aliphatic heterocycles. The van der Waals surface area contributed by atoms with Gasteiger partial charge in [0.25, 0.3) is 0 Å². The third-order valence-electron chi connectivity index (χ3n) is 5.25. The zero-order chi connectivity index (χ0) is 13.9. The Morgan fingerprint density at radius 1 is 0.800 bits per heavy atom. The molecule has 100 valence electrons. The van der Waals surface area contributed by atoms with Crippen LogP contribution in [0.3, 0.4) is 0 Å². The minimum absolute atomic E-state index is 0.129. The first-order valence-electron chi connectivity index (χ1n) is 7.38. The van der Waals surface area contributed by atoms with Crippen LogP contribution in [-0.4, -0.2) is 5.78 Å². The van der Waals surface area contributed by atoms with Crippen molar-refractivity contribution in [2.45, 2.75) is 25.7 Å². The predicted molar refractivity (Wildman–Crippen MR) is 79.9 cm³/mol. The van der Waals surface area contributed by atoms with Gasteiger partial charge in [0.05, 0.1) is 0 Å². The van der Waals surface area contributed by atoms with Crippen LogP contribution >= 0.6 is 0 Å². The van der Waals surface area contributed by atoms with E-state index in [-0.39, 0.29) is 11.8 Å². The fourth-order valence-corrected chi connectivity index (χ4v) is 4.56. The lowest BCUT2D eigenvalue weighted by molar-refractivity contribution is -0.123. The molecule has 0 saturated carbocycles. The molecule has 0 unspecified atom stereocenters. The molecule has 2 bridgehead atoms. The number of Topliss-reactive ketones (excluding diaryl/α,β-unsaturated/α-hetero) is 1. The van der Waals surface area contributed by atoms with E-state index in [2.05, 4.69) is 55.5 Å². The highest BCUT2D eigenvalue weighted by atomic mass is 16.1. The second-order valence-electron chi connectivity index (χ2n) is 6.21. The molecule has 0 radical (unpaired) electrons. The molecule has 0 N–H and O–H groups in total. The smallest absolute Gasteiger partial charge is 0.134 e. The van der Waals surface area contributed by atoms with E-state index < -0.39 is 0 Å². The summed E-state index contributed by atoms with van der Waals surface area (Å²) in [6.07, 6.45) is 0. The Labute approximate surface area is 119 Å². The van der Waals surface area contributed by atoms with Crippen molar-refractivity contribution in [1.82, 2.24) is 0 Å². The van der Waals surface area contributed by atoms with E-state index in [1.807, 2.05) is 0 Å². The van der Waals surface area contributed by atoms with Crippen LogP contribution in [0, 0.1) is 11.8 Å². The quantitative estimate of drug-likeness (QED) is 0.755. The van der Waals surface area contributed by atoms with Gasteiger partial charge in [0.2, 0.25) is 0 Å². The Balaban J connectivity index is 2.04. The van der Waals surface area contributed by atoms with Crippen LogP contribution in [0.4, 0.5) is 0 Å². The Morgan fingerprint density at radius 3 is 1.60 bits per heavy atom. The van der Waals surface area contributed by atoms with Gasteiger partial charge in [-0.05, 0) is 35.1 Å². The molecule has 1 heteroatoms. The summed E-state index contributed by atoms with van der Waals surface area (Å²) >= 11 is 0. The molecule has 0 heterocycles. The molecule has 1 nitrogen and oxygen atoms in total. The van der Waals surface area contributed by atoms with Crippen LogP contribution in [0.1, 0.15) is 47.9 Å². The molecule has 3 aliphatic rings. The largest absolute Gasteiger partial charge is 0.300 e. The van der Waals surface area contributed by atoms with Crippen molar-refractivity contribution in [2.75, 3.05) is 0 Å². The van der Waals surface area contributed by atoms with Gasteiger partial charge in [0, 0.05) is 17.8 Å². The summed E-state index contributed by atoms with van der Waals surface area (Å²) in [5.41, 5.74) is 5.60. The molecule has 0 saturated heterocycles. The molecule has 0 amide bonds. The summed E-state index contributed by atoms with van der Waals surface area (Å²) in [5.74, 6) is 1.48. The topological polar surface area (TPSA) is 17.1 Å². The summed E-state index contributed by atoms with van der Waals surface area (Å²) in [7, 11) is 0. The molecular formula is C19H18O. The molecule has 20 heavy (non-hydrogen) atoms. The number of fused-ring (bicyclic) bond motifs is 1. The standard InChI is InChI=1S/C19H18O/c1-11-17(12(2)20)19-15-9-5-3-7-13(15)18(11)14-8-4-6-10-16(14)19/h3-11,17-19H,1-2H3/t11-,17+,18?,19?/m1/s1. The number of carbonyl (C=O) groups is 1. The van der Waals surface area contributed by atoms with Gasteiger partial charge < -0.3 is 0 Å². The van der Waals surface area contributed by atoms with Gasteiger partial charge >= 0.3 is 0 Å². The average Bonchev–Trinajstić information content (AvgIpc) is 2.47. The van der Waals surface area contributed by atoms with Crippen LogP contribution in [0.25, 0.3) is 0 Å². The molecule has 2 aromatic rings. The highest BCUT2D eigenvalue weighted by Crippen LogP contribution is 2.58. The molecule has 0 aromatic heterocycles. The molecular weight excluding hydrogens is 244 g/mol. The zero-order valence-electron chi connectivity index (χ0n) is 11.8. The highest BCUT2D eigenvalue weighted by molar-refractivity contribution is 5.82. The Kier molecular flexibility index (Phi) is 2.41. The van der Waals surface area contributed by atoms with E-state index in [9.17, 15) is 4.79 Å². The van der Waals surface area contributed by atoms with Gasteiger partial charge in [-0.1, -0.05) is 55.5 Å². The lowest BCUT2D eigenvalue weighted by atomic mass is 9.54. The monoisotopic (exact) mass is 262 g/mol. The zero-order valence-corrected chi connectivity index (χ0v) is 11.8. The van der Waals surface area contributed by atoms with Gasteiger partial charge in [-0.2, -0.15) is 0 Å². The third-order valence-corrected chi connectivity index (χ3v) is 5.25. The van der Waals surface area contributed by atoms with E-state index in [0.717, 1.165) is 0 Å². The minimum Gasteiger partial charge on any atom is -0.300 e. The van der Waals surface area contributed by atoms with E-state index in [1.165, 1.54) is 22.3 Å². The highest BCUT2D eigenvalue weighted by Gasteiger charge is 2.49. The van der Waals surface area contributed by atoms with E-state index >= 15 is 0 Å². The molecule has 0 fully saturated rings. The van der Waals surface area contributed by atoms with Crippen molar-refractivity contribution < 1.29 is 4.79 Å². The molecule has 2 atom stereocenters. The van der Waals surface area contributed by atoms with Crippen LogP contribution < -0.4 is 0 Å². The second kappa shape index (κ2) is 4.05. The fraction of sp³-hybridized carbons (Fsp3) is 0.316. The Hall–Kier alpha value is -1.89. The summed E-state index contributed by atoms with van der Waals surface area (Å²) in [4.78, 5) is 12.2. The SMILES string of the molecule is CC(=O)[C@H]1C2c3ccccc3C(c3ccccc32)[C@@H]1C. The predicted octanol–water partition coefficient (Wildman–Crippen LogP) is 4.12. The van der Waals surface area contributed by atoms with Crippen molar-refractivity contribution in [3.8, 4) is 0 Å². The maximum atomic E-state index is 12.2. The normalized spacial score (nSPS) is 29.7. The van der Waals surface area contributed by atoms with Gasteiger partial charge in [0.1, 0.15) is 5.78 Å². The first kappa shape index (κ1) is 11.9. The van der Waals surface area contributed by atoms with Gasteiger partial charge in [0.15, 0.2) is 0 Å². The Bertz CT molecular complexity index is 653. The second-order valence-corrected chi connectivity index (χ2v) is 6.21. The maximum Gasteiger partial charge on any atom is 0.134 e. The van der Waals surface area contributed by atoms with E-state index in [4.69, 9.17) is 0 Å². The van der Waals surface area contributed by atoms with Crippen LogP contribution in [-0.2, 0) is 4.79 Å². The van der Waals surface area contributed by atoms with Gasteiger partial charge in [-0.3, -0.25) is 4.79 Å². The number of hydrogen-bond acceptors (Lipinski definition) is 1. The molecule has 0 spiro atoms. The molecule has 3 aliphatic carbocycles. The first-order chi connectivity index (χ1) is 9.70. The fourth-order valence-electron chi connectivity index (χ4n) is 4.56. The van der Waals surface area contributed by atoms with E-state index in [0.29, 0.717) is 17.6 Å². The molecule has 5 rings (SSSR count). The van der Waals surface area contributed by atoms with Crippen LogP contribution in [0.5, 0.6) is 0 Å².